The molecule has 2 aliphatic carbocycles. The third-order valence-corrected chi connectivity index (χ3v) is 4.70. The molecule has 0 N–H and O–H groups in total. The van der Waals surface area contributed by atoms with Gasteiger partial charge in [-0.15, -0.1) is 0 Å². The molecule has 2 saturated carbocycles. The third kappa shape index (κ3) is 3.34. The molecule has 17 heavy (non-hydrogen) atoms. The lowest BCUT2D eigenvalue weighted by Gasteiger charge is -2.39. The highest BCUT2D eigenvalue weighted by molar-refractivity contribution is 4.97. The Bertz CT molecular complexity index is 261. The van der Waals surface area contributed by atoms with Gasteiger partial charge in [0.25, 0.3) is 0 Å². The van der Waals surface area contributed by atoms with Gasteiger partial charge >= 0.3 is 0 Å². The first-order valence-corrected chi connectivity index (χ1v) is 7.37. The first kappa shape index (κ1) is 13.1. The monoisotopic (exact) mass is 236 g/mol. The van der Waals surface area contributed by atoms with E-state index in [1.165, 1.54) is 51.4 Å². The van der Waals surface area contributed by atoms with Crippen LogP contribution >= 0.6 is 0 Å². The summed E-state index contributed by atoms with van der Waals surface area (Å²) >= 11 is 0. The van der Waals surface area contributed by atoms with Gasteiger partial charge in [0.05, 0.1) is 11.7 Å². The highest BCUT2D eigenvalue weighted by Crippen LogP contribution is 2.49. The second kappa shape index (κ2) is 5.14. The van der Waals surface area contributed by atoms with Crippen LogP contribution in [0.3, 0.4) is 0 Å². The Kier molecular flexibility index (Phi) is 3.97. The maximum absolute atomic E-state index is 6.24. The van der Waals surface area contributed by atoms with Gasteiger partial charge in [0.1, 0.15) is 0 Å². The van der Waals surface area contributed by atoms with Gasteiger partial charge in [-0.25, -0.2) is 0 Å². The first-order valence-electron chi connectivity index (χ1n) is 7.37. The van der Waals surface area contributed by atoms with Crippen molar-refractivity contribution in [2.45, 2.75) is 83.8 Å². The van der Waals surface area contributed by atoms with Crippen molar-refractivity contribution < 1.29 is 4.74 Å². The second-order valence-electron chi connectivity index (χ2n) is 6.63. The minimum absolute atomic E-state index is 0.0837. The SMILES string of the molecule is C/C=C\C(C)(C)OC1CCC2(CCCC2)CC1. The van der Waals surface area contributed by atoms with Crippen molar-refractivity contribution in [2.24, 2.45) is 5.41 Å². The summed E-state index contributed by atoms with van der Waals surface area (Å²) in [5.41, 5.74) is 0.643. The Balaban J connectivity index is 1.83. The third-order valence-electron chi connectivity index (χ3n) is 4.70. The largest absolute Gasteiger partial charge is 0.368 e. The van der Waals surface area contributed by atoms with E-state index >= 15 is 0 Å². The first-order chi connectivity index (χ1) is 8.05. The Labute approximate surface area is 107 Å². The average Bonchev–Trinajstić information content (AvgIpc) is 2.70. The smallest absolute Gasteiger partial charge is 0.0810 e. The zero-order valence-electron chi connectivity index (χ0n) is 11.8. The van der Waals surface area contributed by atoms with Crippen LogP contribution in [0, 0.1) is 5.41 Å². The maximum Gasteiger partial charge on any atom is 0.0810 e. The van der Waals surface area contributed by atoms with Crippen LogP contribution in [-0.4, -0.2) is 11.7 Å². The van der Waals surface area contributed by atoms with E-state index in [2.05, 4.69) is 32.9 Å². The van der Waals surface area contributed by atoms with E-state index in [9.17, 15) is 0 Å². The van der Waals surface area contributed by atoms with Crippen LogP contribution in [0.2, 0.25) is 0 Å². The molecule has 0 aromatic carbocycles. The summed E-state index contributed by atoms with van der Waals surface area (Å²) in [5, 5.41) is 0. The molecule has 0 amide bonds. The molecule has 0 heterocycles. The van der Waals surface area contributed by atoms with Gasteiger partial charge in [0.15, 0.2) is 0 Å². The summed E-state index contributed by atoms with van der Waals surface area (Å²) in [5.74, 6) is 0. The van der Waals surface area contributed by atoms with E-state index in [-0.39, 0.29) is 5.60 Å². The fourth-order valence-electron chi connectivity index (χ4n) is 3.82. The normalized spacial score (nSPS) is 26.1. The molecule has 0 aliphatic heterocycles. The molecule has 0 radical (unpaired) electrons. The number of rotatable bonds is 3. The van der Waals surface area contributed by atoms with Crippen LogP contribution in [0.4, 0.5) is 0 Å². The minimum atomic E-state index is -0.0837. The molecule has 0 unspecified atom stereocenters. The van der Waals surface area contributed by atoms with Crippen LogP contribution in [-0.2, 0) is 4.74 Å². The Morgan fingerprint density at radius 3 is 2.18 bits per heavy atom. The predicted octanol–water partition coefficient (Wildman–Crippen LogP) is 4.86. The Morgan fingerprint density at radius 2 is 1.65 bits per heavy atom. The van der Waals surface area contributed by atoms with Crippen molar-refractivity contribution in [1.29, 1.82) is 0 Å². The molecular formula is C16H28O. The van der Waals surface area contributed by atoms with Crippen LogP contribution in [0.5, 0.6) is 0 Å². The zero-order valence-corrected chi connectivity index (χ0v) is 11.8. The van der Waals surface area contributed by atoms with Crippen LogP contribution in [0.1, 0.15) is 72.1 Å². The number of ether oxygens (including phenoxy) is 1. The predicted molar refractivity (Wildman–Crippen MR) is 73.1 cm³/mol. The van der Waals surface area contributed by atoms with Gasteiger partial charge in [0.2, 0.25) is 0 Å². The van der Waals surface area contributed by atoms with Crippen molar-refractivity contribution in [3.05, 3.63) is 12.2 Å². The van der Waals surface area contributed by atoms with Gasteiger partial charge in [-0.1, -0.05) is 25.0 Å². The molecule has 0 aromatic rings. The van der Waals surface area contributed by atoms with Gasteiger partial charge in [-0.2, -0.15) is 0 Å². The van der Waals surface area contributed by atoms with Gasteiger partial charge in [-0.3, -0.25) is 0 Å². The summed E-state index contributed by atoms with van der Waals surface area (Å²) in [4.78, 5) is 0. The van der Waals surface area contributed by atoms with Crippen LogP contribution in [0.15, 0.2) is 12.2 Å². The van der Waals surface area contributed by atoms with Gasteiger partial charge < -0.3 is 4.74 Å². The van der Waals surface area contributed by atoms with E-state index in [0.717, 1.165) is 5.41 Å². The van der Waals surface area contributed by atoms with E-state index in [0.29, 0.717) is 6.10 Å². The average molecular weight is 236 g/mol. The minimum Gasteiger partial charge on any atom is -0.368 e. The maximum atomic E-state index is 6.24. The standard InChI is InChI=1S/C16H28O/c1-4-9-15(2,3)17-14-7-12-16(13-8-14)10-5-6-11-16/h4,9,14H,5-8,10-13H2,1-3H3/b9-4-. The van der Waals surface area contributed by atoms with Gasteiger partial charge in [0, 0.05) is 0 Å². The summed E-state index contributed by atoms with van der Waals surface area (Å²) in [7, 11) is 0. The number of hydrogen-bond acceptors (Lipinski definition) is 1. The molecule has 2 aliphatic rings. The lowest BCUT2D eigenvalue weighted by Crippen LogP contribution is -2.34. The lowest BCUT2D eigenvalue weighted by atomic mass is 9.72. The van der Waals surface area contributed by atoms with E-state index < -0.39 is 0 Å². The fourth-order valence-corrected chi connectivity index (χ4v) is 3.82. The van der Waals surface area contributed by atoms with Gasteiger partial charge in [-0.05, 0) is 64.7 Å². The number of hydrogen-bond donors (Lipinski definition) is 0. The summed E-state index contributed by atoms with van der Waals surface area (Å²) in [6, 6.07) is 0. The number of allylic oxidation sites excluding steroid dienone is 1. The molecular weight excluding hydrogens is 208 g/mol. The lowest BCUT2D eigenvalue weighted by molar-refractivity contribution is -0.0722. The van der Waals surface area contributed by atoms with Crippen molar-refractivity contribution in [3.8, 4) is 0 Å². The zero-order chi connectivity index (χ0) is 12.4. The molecule has 98 valence electrons. The molecule has 0 aromatic heterocycles. The van der Waals surface area contributed by atoms with Crippen LogP contribution in [0.25, 0.3) is 0 Å². The molecule has 2 rings (SSSR count). The van der Waals surface area contributed by atoms with E-state index in [1.807, 2.05) is 0 Å². The summed E-state index contributed by atoms with van der Waals surface area (Å²) in [6.07, 6.45) is 16.0. The molecule has 1 nitrogen and oxygen atoms in total. The van der Waals surface area contributed by atoms with Crippen molar-refractivity contribution in [3.63, 3.8) is 0 Å². The highest BCUT2D eigenvalue weighted by atomic mass is 16.5. The molecule has 0 saturated heterocycles. The Hall–Kier alpha value is -0.300. The molecule has 2 fully saturated rings. The van der Waals surface area contributed by atoms with Crippen LogP contribution < -0.4 is 0 Å². The highest BCUT2D eigenvalue weighted by Gasteiger charge is 2.38. The van der Waals surface area contributed by atoms with Crippen molar-refractivity contribution in [2.75, 3.05) is 0 Å². The van der Waals surface area contributed by atoms with Crippen molar-refractivity contribution >= 4 is 0 Å². The molecule has 0 atom stereocenters. The topological polar surface area (TPSA) is 9.23 Å². The molecule has 1 heteroatoms. The van der Waals surface area contributed by atoms with E-state index in [4.69, 9.17) is 4.74 Å². The van der Waals surface area contributed by atoms with Crippen molar-refractivity contribution in [1.82, 2.24) is 0 Å². The summed E-state index contributed by atoms with van der Waals surface area (Å²) < 4.78 is 6.24. The second-order valence-corrected chi connectivity index (χ2v) is 6.63. The summed E-state index contributed by atoms with van der Waals surface area (Å²) in [6.45, 7) is 6.42. The molecule has 1 spiro atoms. The quantitative estimate of drug-likeness (QED) is 0.636. The Morgan fingerprint density at radius 1 is 1.06 bits per heavy atom. The molecule has 0 bridgehead atoms. The van der Waals surface area contributed by atoms with E-state index in [1.54, 1.807) is 0 Å². The fraction of sp³-hybridized carbons (Fsp3) is 0.875.